The van der Waals surface area contributed by atoms with Crippen molar-refractivity contribution in [3.05, 3.63) is 100 Å². The Bertz CT molecular complexity index is 1040. The van der Waals surface area contributed by atoms with Crippen LogP contribution in [0.3, 0.4) is 0 Å². The van der Waals surface area contributed by atoms with Gasteiger partial charge in [-0.3, -0.25) is 0 Å². The summed E-state index contributed by atoms with van der Waals surface area (Å²) in [6.07, 6.45) is 1.00. The minimum Gasteiger partial charge on any atom is -0.478 e. The first-order chi connectivity index (χ1) is 13.1. The molecule has 134 valence electrons. The van der Waals surface area contributed by atoms with Crippen molar-refractivity contribution in [1.82, 2.24) is 0 Å². The molecule has 3 nitrogen and oxygen atoms in total. The number of aromatic carboxylic acids is 1. The van der Waals surface area contributed by atoms with Crippen molar-refractivity contribution in [2.45, 2.75) is 25.3 Å². The Hall–Kier alpha value is -3.07. The maximum atomic E-state index is 11.5. The van der Waals surface area contributed by atoms with Gasteiger partial charge in [-0.2, -0.15) is 0 Å². The van der Waals surface area contributed by atoms with Crippen LogP contribution in [0, 0.1) is 12.8 Å². The smallest absolute Gasteiger partial charge is 0.335 e. The molecule has 3 aromatic rings. The average molecular weight is 355 g/mol. The van der Waals surface area contributed by atoms with E-state index in [1.807, 2.05) is 12.1 Å². The zero-order valence-corrected chi connectivity index (χ0v) is 15.1. The van der Waals surface area contributed by atoms with Gasteiger partial charge in [0.05, 0.1) is 11.6 Å². The van der Waals surface area contributed by atoms with Crippen LogP contribution in [0.5, 0.6) is 0 Å². The van der Waals surface area contributed by atoms with Gasteiger partial charge in [0.15, 0.2) is 0 Å². The topological polar surface area (TPSA) is 49.3 Å². The number of carbonyl (C=O) groups is 1. The minimum absolute atomic E-state index is 0.214. The molecule has 0 spiro atoms. The van der Waals surface area contributed by atoms with Crippen molar-refractivity contribution in [2.24, 2.45) is 5.92 Å². The average Bonchev–Trinajstić information content (AvgIpc) is 3.07. The zero-order chi connectivity index (χ0) is 18.5. The van der Waals surface area contributed by atoms with E-state index in [1.165, 1.54) is 22.3 Å². The molecule has 0 bridgehead atoms. The fourth-order valence-electron chi connectivity index (χ4n) is 4.80. The number of rotatable bonds is 2. The monoisotopic (exact) mass is 355 g/mol. The molecule has 5 rings (SSSR count). The van der Waals surface area contributed by atoms with Crippen LogP contribution >= 0.6 is 0 Å². The molecule has 1 aliphatic heterocycles. The van der Waals surface area contributed by atoms with Crippen LogP contribution in [0.25, 0.3) is 0 Å². The molecule has 0 radical (unpaired) electrons. The summed E-state index contributed by atoms with van der Waals surface area (Å²) < 4.78 is 0. The van der Waals surface area contributed by atoms with Gasteiger partial charge in [0.25, 0.3) is 0 Å². The summed E-state index contributed by atoms with van der Waals surface area (Å²) in [5.41, 5.74) is 7.76. The van der Waals surface area contributed by atoms with Crippen molar-refractivity contribution >= 4 is 11.7 Å². The number of hydrogen-bond acceptors (Lipinski definition) is 2. The number of carboxylic acid groups (broad SMARTS) is 1. The number of anilines is 1. The minimum atomic E-state index is -0.874. The second-order valence-electron chi connectivity index (χ2n) is 7.68. The van der Waals surface area contributed by atoms with Gasteiger partial charge in [-0.25, -0.2) is 4.79 Å². The van der Waals surface area contributed by atoms with Gasteiger partial charge in [0, 0.05) is 11.6 Å². The Labute approximate surface area is 158 Å². The Morgan fingerprint density at radius 1 is 1.00 bits per heavy atom. The van der Waals surface area contributed by atoms with E-state index in [0.717, 1.165) is 17.7 Å². The Morgan fingerprint density at radius 2 is 1.78 bits per heavy atom. The molecule has 1 heterocycles. The van der Waals surface area contributed by atoms with E-state index in [9.17, 15) is 9.90 Å². The predicted molar refractivity (Wildman–Crippen MR) is 106 cm³/mol. The molecule has 3 heteroatoms. The van der Waals surface area contributed by atoms with E-state index >= 15 is 0 Å². The lowest BCUT2D eigenvalue weighted by Crippen LogP contribution is -2.30. The lowest BCUT2D eigenvalue weighted by Gasteiger charge is -2.38. The van der Waals surface area contributed by atoms with Gasteiger partial charge in [-0.15, -0.1) is 0 Å². The van der Waals surface area contributed by atoms with Gasteiger partial charge in [0.1, 0.15) is 0 Å². The van der Waals surface area contributed by atoms with Crippen LogP contribution in [-0.2, 0) is 6.42 Å². The maximum absolute atomic E-state index is 11.5. The molecule has 0 unspecified atom stereocenters. The van der Waals surface area contributed by atoms with Crippen LogP contribution in [0.1, 0.15) is 50.1 Å². The van der Waals surface area contributed by atoms with Crippen molar-refractivity contribution in [2.75, 3.05) is 5.32 Å². The van der Waals surface area contributed by atoms with E-state index in [2.05, 4.69) is 60.8 Å². The summed E-state index contributed by atoms with van der Waals surface area (Å²) in [6.45, 7) is 2.11. The molecule has 0 saturated carbocycles. The molecule has 2 N–H and O–H groups in total. The second kappa shape index (κ2) is 5.98. The van der Waals surface area contributed by atoms with E-state index in [4.69, 9.17) is 0 Å². The van der Waals surface area contributed by atoms with Crippen molar-refractivity contribution in [3.63, 3.8) is 0 Å². The van der Waals surface area contributed by atoms with Crippen LogP contribution in [-0.4, -0.2) is 11.1 Å². The quantitative estimate of drug-likeness (QED) is 0.667. The summed E-state index contributed by atoms with van der Waals surface area (Å²) in [7, 11) is 0. The predicted octanol–water partition coefficient (Wildman–Crippen LogP) is 5.16. The largest absolute Gasteiger partial charge is 0.478 e. The van der Waals surface area contributed by atoms with Gasteiger partial charge in [0.2, 0.25) is 0 Å². The molecule has 3 atom stereocenters. The Kier molecular flexibility index (Phi) is 3.57. The van der Waals surface area contributed by atoms with Crippen LogP contribution < -0.4 is 5.32 Å². The highest BCUT2D eigenvalue weighted by atomic mass is 16.4. The molecule has 3 aromatic carbocycles. The number of benzene rings is 3. The third-order valence-corrected chi connectivity index (χ3v) is 6.08. The molecule has 0 saturated heterocycles. The fourth-order valence-corrected chi connectivity index (χ4v) is 4.80. The fraction of sp³-hybridized carbons (Fsp3) is 0.208. The first-order valence-electron chi connectivity index (χ1n) is 9.40. The maximum Gasteiger partial charge on any atom is 0.335 e. The highest BCUT2D eigenvalue weighted by Gasteiger charge is 2.43. The van der Waals surface area contributed by atoms with Crippen LogP contribution in [0.4, 0.5) is 5.69 Å². The number of hydrogen-bond donors (Lipinski definition) is 2. The van der Waals surface area contributed by atoms with Crippen LogP contribution in [0.2, 0.25) is 0 Å². The molecule has 0 amide bonds. The number of carboxylic acids is 1. The molecule has 0 fully saturated rings. The summed E-state index contributed by atoms with van der Waals surface area (Å²) in [5, 5.41) is 13.2. The second-order valence-corrected chi connectivity index (χ2v) is 7.68. The Balaban J connectivity index is 1.68. The lowest BCUT2D eigenvalue weighted by molar-refractivity contribution is 0.0696. The highest BCUT2D eigenvalue weighted by Crippen LogP contribution is 2.53. The van der Waals surface area contributed by atoms with Crippen LogP contribution in [0.15, 0.2) is 66.7 Å². The molecular weight excluding hydrogens is 334 g/mol. The van der Waals surface area contributed by atoms with Gasteiger partial charge < -0.3 is 10.4 Å². The van der Waals surface area contributed by atoms with E-state index in [1.54, 1.807) is 6.07 Å². The molecule has 2 aliphatic rings. The SMILES string of the molecule is Cc1ccc([C@@H]2Nc3ccc(C(=O)O)cc3[C@H]3c4ccccc4C[C@@H]32)cc1. The van der Waals surface area contributed by atoms with Gasteiger partial charge in [-0.05, 0) is 59.7 Å². The number of nitrogens with one attached hydrogen (secondary N) is 1. The third-order valence-electron chi connectivity index (χ3n) is 6.08. The van der Waals surface area contributed by atoms with Gasteiger partial charge in [-0.1, -0.05) is 54.1 Å². The third kappa shape index (κ3) is 2.54. The van der Waals surface area contributed by atoms with Crippen molar-refractivity contribution in [1.29, 1.82) is 0 Å². The lowest BCUT2D eigenvalue weighted by atomic mass is 9.75. The van der Waals surface area contributed by atoms with Gasteiger partial charge >= 0.3 is 5.97 Å². The van der Waals surface area contributed by atoms with Crippen molar-refractivity contribution in [3.8, 4) is 0 Å². The molecule has 1 aliphatic carbocycles. The normalized spacial score (nSPS) is 22.3. The standard InChI is InChI=1S/C24H21NO2/c1-14-6-8-15(9-7-14)23-20-12-16-4-2-3-5-18(16)22(20)19-13-17(24(26)27)10-11-21(19)25-23/h2-11,13,20,22-23,25H,12H2,1H3,(H,26,27)/t20-,22+,23-/m0/s1. The summed E-state index contributed by atoms with van der Waals surface area (Å²) >= 11 is 0. The summed E-state index contributed by atoms with van der Waals surface area (Å²) in [5.74, 6) is -0.272. The molecular formula is C24H21NO2. The summed E-state index contributed by atoms with van der Waals surface area (Å²) in [4.78, 5) is 11.5. The Morgan fingerprint density at radius 3 is 2.56 bits per heavy atom. The number of aryl methyl sites for hydroxylation is 1. The van der Waals surface area contributed by atoms with E-state index < -0.39 is 5.97 Å². The summed E-state index contributed by atoms with van der Waals surface area (Å²) in [6, 6.07) is 23.0. The highest BCUT2D eigenvalue weighted by molar-refractivity contribution is 5.89. The zero-order valence-electron chi connectivity index (χ0n) is 15.1. The van der Waals surface area contributed by atoms with Crippen molar-refractivity contribution < 1.29 is 9.90 Å². The first kappa shape index (κ1) is 16.1. The van der Waals surface area contributed by atoms with E-state index in [-0.39, 0.29) is 12.0 Å². The molecule has 27 heavy (non-hydrogen) atoms. The number of fused-ring (bicyclic) bond motifs is 5. The molecule has 0 aromatic heterocycles. The van der Waals surface area contributed by atoms with E-state index in [0.29, 0.717) is 11.5 Å². The first-order valence-corrected chi connectivity index (χ1v) is 9.40.